The normalized spacial score (nSPS) is 12.2. The highest BCUT2D eigenvalue weighted by Crippen LogP contribution is 2.10. The maximum absolute atomic E-state index is 11.6. The fourth-order valence-corrected chi connectivity index (χ4v) is 1.75. The number of carbonyl (C=O) groups excluding carboxylic acids is 1. The highest BCUT2D eigenvalue weighted by Gasteiger charge is 2.02. The van der Waals surface area contributed by atoms with Crippen molar-refractivity contribution in [2.75, 3.05) is 0 Å². The number of benzene rings is 1. The Bertz CT molecular complexity index is 454. The molecule has 1 unspecified atom stereocenters. The van der Waals surface area contributed by atoms with E-state index in [0.29, 0.717) is 12.3 Å². The third-order valence-electron chi connectivity index (χ3n) is 2.95. The van der Waals surface area contributed by atoms with E-state index in [4.69, 9.17) is 4.74 Å². The lowest BCUT2D eigenvalue weighted by Gasteiger charge is -2.05. The Morgan fingerprint density at radius 2 is 1.90 bits per heavy atom. The first kappa shape index (κ1) is 16.2. The number of rotatable bonds is 7. The quantitative estimate of drug-likeness (QED) is 0.409. The number of hydrogen-bond acceptors (Lipinski definition) is 2. The van der Waals surface area contributed by atoms with Gasteiger partial charge in [-0.05, 0) is 44.2 Å². The van der Waals surface area contributed by atoms with Gasteiger partial charge in [0.05, 0.1) is 12.7 Å². The summed E-state index contributed by atoms with van der Waals surface area (Å²) in [6, 6.07) is 9.62. The highest BCUT2D eigenvalue weighted by molar-refractivity contribution is 5.73. The third kappa shape index (κ3) is 7.57. The summed E-state index contributed by atoms with van der Waals surface area (Å²) in [5.41, 5.74) is 2.32. The first-order valence-corrected chi connectivity index (χ1v) is 7.09. The second kappa shape index (κ2) is 9.13. The molecule has 0 saturated carbocycles. The van der Waals surface area contributed by atoms with Crippen LogP contribution in [0.15, 0.2) is 54.3 Å². The lowest BCUT2D eigenvalue weighted by molar-refractivity contribution is -0.137. The molecular formula is C18H24O2. The molecule has 0 aliphatic carbocycles. The first-order valence-electron chi connectivity index (χ1n) is 7.09. The first-order chi connectivity index (χ1) is 9.58. The van der Waals surface area contributed by atoms with Crippen LogP contribution in [0.3, 0.4) is 0 Å². The molecule has 108 valence electrons. The van der Waals surface area contributed by atoms with Crippen molar-refractivity contribution in [1.82, 2.24) is 0 Å². The molecule has 0 saturated heterocycles. The van der Waals surface area contributed by atoms with Crippen LogP contribution in [0.25, 0.3) is 0 Å². The lowest BCUT2D eigenvalue weighted by Crippen LogP contribution is -2.03. The van der Waals surface area contributed by atoms with Crippen LogP contribution in [-0.4, -0.2) is 5.97 Å². The maximum Gasteiger partial charge on any atom is 0.315 e. The zero-order valence-electron chi connectivity index (χ0n) is 12.6. The molecule has 1 aromatic rings. The minimum absolute atomic E-state index is 0.218. The van der Waals surface area contributed by atoms with Crippen molar-refractivity contribution in [1.29, 1.82) is 0 Å². The molecule has 0 aromatic heterocycles. The van der Waals surface area contributed by atoms with Crippen molar-refractivity contribution in [2.24, 2.45) is 5.92 Å². The minimum atomic E-state index is -0.218. The summed E-state index contributed by atoms with van der Waals surface area (Å²) in [5, 5.41) is 0. The molecule has 2 heteroatoms. The summed E-state index contributed by atoms with van der Waals surface area (Å²) in [7, 11) is 0. The second-order valence-electron chi connectivity index (χ2n) is 5.38. The Kier molecular flexibility index (Phi) is 7.41. The summed E-state index contributed by atoms with van der Waals surface area (Å²) < 4.78 is 5.09. The van der Waals surface area contributed by atoms with E-state index in [1.165, 1.54) is 11.8 Å². The van der Waals surface area contributed by atoms with Gasteiger partial charge in [0.2, 0.25) is 0 Å². The van der Waals surface area contributed by atoms with E-state index in [1.54, 1.807) is 0 Å². The van der Waals surface area contributed by atoms with Gasteiger partial charge in [-0.3, -0.25) is 4.79 Å². The Morgan fingerprint density at radius 3 is 2.55 bits per heavy atom. The fraction of sp³-hybridized carbons (Fsp3) is 0.389. The third-order valence-corrected chi connectivity index (χ3v) is 2.95. The van der Waals surface area contributed by atoms with Crippen LogP contribution in [0.4, 0.5) is 0 Å². The molecule has 0 heterocycles. The number of allylic oxidation sites excluding steroid dienone is 3. The summed E-state index contributed by atoms with van der Waals surface area (Å²) in [6.07, 6.45) is 7.97. The molecule has 0 radical (unpaired) electrons. The maximum atomic E-state index is 11.6. The van der Waals surface area contributed by atoms with Crippen LogP contribution in [0.5, 0.6) is 0 Å². The van der Waals surface area contributed by atoms with E-state index in [1.807, 2.05) is 36.4 Å². The van der Waals surface area contributed by atoms with E-state index in [9.17, 15) is 4.79 Å². The molecule has 0 spiro atoms. The van der Waals surface area contributed by atoms with E-state index in [-0.39, 0.29) is 5.97 Å². The number of carbonyl (C=O) groups is 1. The number of ether oxygens (including phenoxy) is 1. The smallest absolute Gasteiger partial charge is 0.315 e. The van der Waals surface area contributed by atoms with Crippen LogP contribution < -0.4 is 0 Å². The molecule has 1 rings (SSSR count). The minimum Gasteiger partial charge on any atom is -0.435 e. The molecule has 0 amide bonds. The van der Waals surface area contributed by atoms with Gasteiger partial charge >= 0.3 is 5.97 Å². The Morgan fingerprint density at radius 1 is 1.20 bits per heavy atom. The van der Waals surface area contributed by atoms with Crippen LogP contribution >= 0.6 is 0 Å². The molecule has 0 aliphatic rings. The van der Waals surface area contributed by atoms with Crippen molar-refractivity contribution in [3.8, 4) is 0 Å². The van der Waals surface area contributed by atoms with Crippen molar-refractivity contribution in [3.05, 3.63) is 59.9 Å². The van der Waals surface area contributed by atoms with E-state index < -0.39 is 0 Å². The van der Waals surface area contributed by atoms with E-state index >= 15 is 0 Å². The van der Waals surface area contributed by atoms with Crippen molar-refractivity contribution >= 4 is 5.97 Å². The summed E-state index contributed by atoms with van der Waals surface area (Å²) in [6.45, 7) is 6.40. The lowest BCUT2D eigenvalue weighted by atomic mass is 10.0. The largest absolute Gasteiger partial charge is 0.435 e. The Hall–Kier alpha value is -1.83. The molecule has 1 atom stereocenters. The molecule has 0 N–H and O–H groups in total. The van der Waals surface area contributed by atoms with E-state index in [2.05, 4.69) is 26.8 Å². The Balaban J connectivity index is 2.24. The van der Waals surface area contributed by atoms with Crippen molar-refractivity contribution in [2.45, 2.75) is 40.0 Å². The van der Waals surface area contributed by atoms with Gasteiger partial charge in [0.25, 0.3) is 0 Å². The van der Waals surface area contributed by atoms with Crippen LogP contribution in [0, 0.1) is 5.92 Å². The number of hydrogen-bond donors (Lipinski definition) is 0. The predicted molar refractivity (Wildman–Crippen MR) is 83.2 cm³/mol. The molecule has 20 heavy (non-hydrogen) atoms. The van der Waals surface area contributed by atoms with Gasteiger partial charge in [-0.15, -0.1) is 0 Å². The average Bonchev–Trinajstić information content (AvgIpc) is 2.42. The zero-order valence-corrected chi connectivity index (χ0v) is 12.6. The Labute approximate surface area is 122 Å². The molecule has 0 aliphatic heterocycles. The summed E-state index contributed by atoms with van der Waals surface area (Å²) in [5.74, 6) is 0.346. The van der Waals surface area contributed by atoms with Gasteiger partial charge < -0.3 is 4.74 Å². The zero-order chi connectivity index (χ0) is 14.8. The molecular weight excluding hydrogens is 248 g/mol. The van der Waals surface area contributed by atoms with Gasteiger partial charge in [-0.2, -0.15) is 0 Å². The van der Waals surface area contributed by atoms with Crippen LogP contribution in [-0.2, 0) is 16.0 Å². The highest BCUT2D eigenvalue weighted by atomic mass is 16.5. The topological polar surface area (TPSA) is 26.3 Å². The van der Waals surface area contributed by atoms with Crippen molar-refractivity contribution < 1.29 is 9.53 Å². The molecule has 1 aromatic carbocycles. The van der Waals surface area contributed by atoms with Gasteiger partial charge in [0, 0.05) is 0 Å². The predicted octanol–water partition coefficient (Wildman–Crippen LogP) is 4.67. The van der Waals surface area contributed by atoms with E-state index in [0.717, 1.165) is 18.4 Å². The summed E-state index contributed by atoms with van der Waals surface area (Å²) in [4.78, 5) is 11.6. The fourth-order valence-electron chi connectivity index (χ4n) is 1.75. The second-order valence-corrected chi connectivity index (χ2v) is 5.38. The van der Waals surface area contributed by atoms with Gasteiger partial charge in [0.1, 0.15) is 0 Å². The van der Waals surface area contributed by atoms with Crippen LogP contribution in [0.2, 0.25) is 0 Å². The van der Waals surface area contributed by atoms with Gasteiger partial charge in [0.15, 0.2) is 0 Å². The van der Waals surface area contributed by atoms with Crippen LogP contribution in [0.1, 0.15) is 39.2 Å². The molecule has 0 fully saturated rings. The number of esters is 1. The monoisotopic (exact) mass is 272 g/mol. The van der Waals surface area contributed by atoms with Gasteiger partial charge in [-0.1, -0.05) is 48.9 Å². The van der Waals surface area contributed by atoms with Crippen molar-refractivity contribution in [3.63, 3.8) is 0 Å². The summed E-state index contributed by atoms with van der Waals surface area (Å²) >= 11 is 0. The standard InChI is InChI=1S/C18H24O2/c1-15(2)11-12-16(3)8-7-13-20-18(19)14-17-9-5-4-6-10-17/h4-7,9-11,13,16H,8,12,14H2,1-3H3/b13-7+. The SMILES string of the molecule is CC(C)=CCC(C)C/C=C/OC(=O)Cc1ccccc1. The molecule has 2 nitrogen and oxygen atoms in total. The average molecular weight is 272 g/mol. The van der Waals surface area contributed by atoms with Gasteiger partial charge in [-0.25, -0.2) is 0 Å². The molecule has 0 bridgehead atoms.